The Labute approximate surface area is 132 Å². The van der Waals surface area contributed by atoms with Gasteiger partial charge in [-0.2, -0.15) is 0 Å². The van der Waals surface area contributed by atoms with Crippen LogP contribution in [0.25, 0.3) is 0 Å². The molecule has 2 atom stereocenters. The van der Waals surface area contributed by atoms with Crippen LogP contribution in [0.3, 0.4) is 0 Å². The highest BCUT2D eigenvalue weighted by molar-refractivity contribution is 8.13. The fourth-order valence-electron chi connectivity index (χ4n) is 1.69. The molecule has 0 aromatic heterocycles. The number of amides is 1. The molecule has 0 bridgehead atoms. The molecule has 0 heterocycles. The van der Waals surface area contributed by atoms with Gasteiger partial charge in [-0.15, -0.1) is 0 Å². The van der Waals surface area contributed by atoms with E-state index in [0.717, 1.165) is 0 Å². The number of aryl methyl sites for hydroxylation is 1. The van der Waals surface area contributed by atoms with Gasteiger partial charge in [0, 0.05) is 45.1 Å². The summed E-state index contributed by atoms with van der Waals surface area (Å²) in [5.41, 5.74) is 0.922. The second-order valence-corrected chi connectivity index (χ2v) is 9.14. The van der Waals surface area contributed by atoms with Gasteiger partial charge in [0.15, 0.2) is 0 Å². The number of nitrogens with one attached hydrogen (secondary N) is 1. The highest BCUT2D eigenvalue weighted by atomic mass is 35.7. The average molecular weight is 352 g/mol. The molecule has 1 aromatic rings. The third-order valence-electron chi connectivity index (χ3n) is 3.13. The van der Waals surface area contributed by atoms with Gasteiger partial charge in [0.25, 0.3) is 15.0 Å². The topological polar surface area (TPSA) is 80.3 Å². The zero-order valence-electron chi connectivity index (χ0n) is 12.1. The Bertz CT molecular complexity index is 658. The fourth-order valence-corrected chi connectivity index (χ4v) is 2.98. The molecule has 1 N–H and O–H groups in total. The van der Waals surface area contributed by atoms with E-state index >= 15 is 0 Å². The first-order chi connectivity index (χ1) is 9.62. The second-order valence-electron chi connectivity index (χ2n) is 4.77. The minimum atomic E-state index is -3.80. The molecule has 2 unspecified atom stereocenters. The highest BCUT2D eigenvalue weighted by Gasteiger charge is 2.15. The lowest BCUT2D eigenvalue weighted by atomic mass is 10.1. The van der Waals surface area contributed by atoms with Crippen molar-refractivity contribution in [2.24, 2.45) is 0 Å². The van der Waals surface area contributed by atoms with Crippen LogP contribution in [0.4, 0.5) is 0 Å². The minimum Gasteiger partial charge on any atom is -0.352 e. The molecule has 0 spiro atoms. The first-order valence-corrected chi connectivity index (χ1v) is 10.2. The van der Waals surface area contributed by atoms with Crippen LogP contribution in [0.2, 0.25) is 0 Å². The van der Waals surface area contributed by atoms with E-state index < -0.39 is 19.9 Å². The number of hydrogen-bond acceptors (Lipinski definition) is 4. The van der Waals surface area contributed by atoms with E-state index in [2.05, 4.69) is 5.32 Å². The Morgan fingerprint density at radius 3 is 2.52 bits per heavy atom. The molecule has 5 nitrogen and oxygen atoms in total. The van der Waals surface area contributed by atoms with Gasteiger partial charge in [-0.3, -0.25) is 9.00 Å². The molecule has 1 aromatic carbocycles. The lowest BCUT2D eigenvalue weighted by Gasteiger charge is -2.11. The summed E-state index contributed by atoms with van der Waals surface area (Å²) in [5.74, 6) is -0.292. The van der Waals surface area contributed by atoms with Gasteiger partial charge in [-0.05, 0) is 37.1 Å². The van der Waals surface area contributed by atoms with Gasteiger partial charge in [0.1, 0.15) is 0 Å². The Morgan fingerprint density at radius 2 is 2.05 bits per heavy atom. The molecule has 0 saturated carbocycles. The maximum absolute atomic E-state index is 12.0. The van der Waals surface area contributed by atoms with E-state index in [1.54, 1.807) is 13.2 Å². The van der Waals surface area contributed by atoms with Crippen molar-refractivity contribution in [3.05, 3.63) is 29.3 Å². The van der Waals surface area contributed by atoms with E-state index in [4.69, 9.17) is 10.7 Å². The maximum atomic E-state index is 12.0. The average Bonchev–Trinajstić information content (AvgIpc) is 2.36. The minimum absolute atomic E-state index is 0.00941. The Hall–Kier alpha value is -0.920. The molecule has 0 fully saturated rings. The molecular weight excluding hydrogens is 334 g/mol. The van der Waals surface area contributed by atoms with Crippen molar-refractivity contribution >= 4 is 36.4 Å². The zero-order chi connectivity index (χ0) is 16.2. The Balaban J connectivity index is 2.74. The summed E-state index contributed by atoms with van der Waals surface area (Å²) in [7, 11) is 0.535. The normalized spacial score (nSPS) is 14.5. The van der Waals surface area contributed by atoms with Crippen molar-refractivity contribution in [1.29, 1.82) is 0 Å². The monoisotopic (exact) mass is 351 g/mol. The molecule has 1 amide bonds. The van der Waals surface area contributed by atoms with E-state index in [1.165, 1.54) is 18.2 Å². The molecule has 8 heteroatoms. The summed E-state index contributed by atoms with van der Waals surface area (Å²) >= 11 is 0. The van der Waals surface area contributed by atoms with Crippen LogP contribution in [-0.4, -0.2) is 36.6 Å². The number of carbonyl (C=O) groups excluding carboxylic acids is 1. The third-order valence-corrected chi connectivity index (χ3v) is 5.85. The van der Waals surface area contributed by atoms with E-state index in [1.807, 2.05) is 6.92 Å². The van der Waals surface area contributed by atoms with Crippen molar-refractivity contribution in [3.63, 3.8) is 0 Å². The maximum Gasteiger partial charge on any atom is 0.261 e. The summed E-state index contributed by atoms with van der Waals surface area (Å²) in [6, 6.07) is 4.09. The number of rotatable bonds is 6. The zero-order valence-corrected chi connectivity index (χ0v) is 14.4. The van der Waals surface area contributed by atoms with Crippen molar-refractivity contribution in [2.75, 3.05) is 12.8 Å². The Kier molecular flexibility index (Phi) is 6.37. The highest BCUT2D eigenvalue weighted by Crippen LogP contribution is 2.18. The lowest BCUT2D eigenvalue weighted by Crippen LogP contribution is -2.28. The van der Waals surface area contributed by atoms with Crippen molar-refractivity contribution in [1.82, 2.24) is 5.32 Å². The first-order valence-electron chi connectivity index (χ1n) is 6.28. The molecule has 0 aliphatic carbocycles. The fraction of sp³-hybridized carbons (Fsp3) is 0.462. The van der Waals surface area contributed by atoms with Crippen LogP contribution >= 0.6 is 10.7 Å². The number of benzene rings is 1. The van der Waals surface area contributed by atoms with Crippen molar-refractivity contribution < 1.29 is 17.4 Å². The predicted molar refractivity (Wildman–Crippen MR) is 84.7 cm³/mol. The van der Waals surface area contributed by atoms with E-state index in [0.29, 0.717) is 24.1 Å². The van der Waals surface area contributed by atoms with E-state index in [-0.39, 0.29) is 16.1 Å². The molecule has 0 aliphatic rings. The molecule has 118 valence electrons. The number of halogens is 1. The van der Waals surface area contributed by atoms with Crippen LogP contribution in [0.5, 0.6) is 0 Å². The molecule has 0 saturated heterocycles. The standard InChI is InChI=1S/C13H18ClNO4S2/c1-9-8-11(21(14,18)19)4-5-12(9)13(16)15-7-6-10(2)20(3)17/h4-5,8,10H,6-7H2,1-3H3,(H,15,16). The van der Waals surface area contributed by atoms with Crippen LogP contribution in [0.15, 0.2) is 23.1 Å². The first kappa shape index (κ1) is 18.1. The summed E-state index contributed by atoms with van der Waals surface area (Å²) in [5, 5.41) is 2.74. The summed E-state index contributed by atoms with van der Waals surface area (Å²) in [4.78, 5) is 12.0. The smallest absolute Gasteiger partial charge is 0.261 e. The van der Waals surface area contributed by atoms with E-state index in [9.17, 15) is 17.4 Å². The number of carbonyl (C=O) groups is 1. The quantitative estimate of drug-likeness (QED) is 0.792. The predicted octanol–water partition coefficient (Wildman–Crippen LogP) is 1.81. The summed E-state index contributed by atoms with van der Waals surface area (Å²) in [6.07, 6.45) is 2.24. The molecule has 1 rings (SSSR count). The lowest BCUT2D eigenvalue weighted by molar-refractivity contribution is 0.0952. The molecule has 21 heavy (non-hydrogen) atoms. The third kappa shape index (κ3) is 5.41. The summed E-state index contributed by atoms with van der Waals surface area (Å²) < 4.78 is 33.6. The summed E-state index contributed by atoms with van der Waals surface area (Å²) in [6.45, 7) is 3.91. The van der Waals surface area contributed by atoms with Crippen LogP contribution < -0.4 is 5.32 Å². The van der Waals surface area contributed by atoms with Gasteiger partial charge in [-0.25, -0.2) is 8.42 Å². The van der Waals surface area contributed by atoms with Gasteiger partial charge < -0.3 is 5.32 Å². The van der Waals surface area contributed by atoms with Crippen LogP contribution in [-0.2, 0) is 19.9 Å². The largest absolute Gasteiger partial charge is 0.352 e. The van der Waals surface area contributed by atoms with Gasteiger partial charge in [0.05, 0.1) is 4.90 Å². The van der Waals surface area contributed by atoms with Gasteiger partial charge in [-0.1, -0.05) is 6.92 Å². The van der Waals surface area contributed by atoms with Crippen LogP contribution in [0, 0.1) is 6.92 Å². The SMILES string of the molecule is Cc1cc(S(=O)(=O)Cl)ccc1C(=O)NCCC(C)S(C)=O. The molecular formula is C13H18ClNO4S2. The van der Waals surface area contributed by atoms with Crippen LogP contribution in [0.1, 0.15) is 29.3 Å². The van der Waals surface area contributed by atoms with Crippen molar-refractivity contribution in [3.8, 4) is 0 Å². The molecule has 0 aliphatic heterocycles. The van der Waals surface area contributed by atoms with Gasteiger partial charge >= 0.3 is 0 Å². The second kappa shape index (κ2) is 7.38. The Morgan fingerprint density at radius 1 is 1.43 bits per heavy atom. The van der Waals surface area contributed by atoms with Gasteiger partial charge in [0.2, 0.25) is 0 Å². The molecule has 0 radical (unpaired) electrons. The van der Waals surface area contributed by atoms with Crippen molar-refractivity contribution in [2.45, 2.75) is 30.4 Å². The number of hydrogen-bond donors (Lipinski definition) is 1.